The van der Waals surface area contributed by atoms with Crippen LogP contribution in [0.5, 0.6) is 11.5 Å². The zero-order chi connectivity index (χ0) is 20.5. The van der Waals surface area contributed by atoms with Crippen LogP contribution >= 0.6 is 0 Å². The van der Waals surface area contributed by atoms with Gasteiger partial charge in [0.1, 0.15) is 17.6 Å². The second-order valence-electron chi connectivity index (χ2n) is 7.91. The number of ether oxygens (including phenoxy) is 2. The average molecular weight is 396 g/mol. The van der Waals surface area contributed by atoms with Gasteiger partial charge in [0.2, 0.25) is 0 Å². The van der Waals surface area contributed by atoms with Crippen LogP contribution in [0.4, 0.5) is 0 Å². The minimum atomic E-state index is -1.31. The van der Waals surface area contributed by atoms with Gasteiger partial charge in [-0.25, -0.2) is 0 Å². The molecule has 3 aliphatic rings. The molecule has 5 rings (SSSR count). The zero-order valence-electron chi connectivity index (χ0n) is 15.8. The number of phenolic OH excluding ortho intramolecular Hbond substituents is 2. The third kappa shape index (κ3) is 2.48. The van der Waals surface area contributed by atoms with E-state index in [1.54, 1.807) is 19.1 Å². The highest BCUT2D eigenvalue weighted by Gasteiger charge is 2.47. The summed E-state index contributed by atoms with van der Waals surface area (Å²) < 4.78 is 11.0. The highest BCUT2D eigenvalue weighted by atomic mass is 16.7. The molecule has 7 nitrogen and oxygen atoms in total. The van der Waals surface area contributed by atoms with Crippen LogP contribution in [0, 0.1) is 0 Å². The molecule has 0 saturated carbocycles. The van der Waals surface area contributed by atoms with Crippen LogP contribution in [0.3, 0.4) is 0 Å². The number of ketones is 2. The lowest BCUT2D eigenvalue weighted by Crippen LogP contribution is -2.48. The van der Waals surface area contributed by atoms with Gasteiger partial charge in [-0.2, -0.15) is 0 Å². The Bertz CT molecular complexity index is 1070. The molecule has 1 saturated heterocycles. The molecular formula is C22H20O7. The van der Waals surface area contributed by atoms with E-state index < -0.39 is 29.6 Å². The highest BCUT2D eigenvalue weighted by Crippen LogP contribution is 2.48. The minimum Gasteiger partial charge on any atom is -0.507 e. The van der Waals surface area contributed by atoms with Crippen LogP contribution in [0.15, 0.2) is 24.3 Å². The molecule has 1 aliphatic heterocycles. The summed E-state index contributed by atoms with van der Waals surface area (Å²) in [7, 11) is 0. The number of hydrogen-bond acceptors (Lipinski definition) is 7. The van der Waals surface area contributed by atoms with E-state index in [-0.39, 0.29) is 65.2 Å². The topological polar surface area (TPSA) is 113 Å². The molecule has 2 aromatic carbocycles. The Morgan fingerprint density at radius 3 is 2.14 bits per heavy atom. The molecule has 1 heterocycles. The molecular weight excluding hydrogens is 376 g/mol. The summed E-state index contributed by atoms with van der Waals surface area (Å²) in [4.78, 5) is 26.0. The first-order valence-electron chi connectivity index (χ1n) is 9.59. The monoisotopic (exact) mass is 396 g/mol. The van der Waals surface area contributed by atoms with Crippen LogP contribution in [-0.2, 0) is 22.3 Å². The van der Waals surface area contributed by atoms with E-state index in [0.29, 0.717) is 5.56 Å². The molecule has 3 N–H and O–H groups in total. The largest absolute Gasteiger partial charge is 0.507 e. The number of aromatic hydroxyl groups is 2. The van der Waals surface area contributed by atoms with Crippen LogP contribution < -0.4 is 0 Å². The molecule has 0 aromatic heterocycles. The maximum Gasteiger partial charge on any atom is 0.198 e. The van der Waals surface area contributed by atoms with E-state index >= 15 is 0 Å². The summed E-state index contributed by atoms with van der Waals surface area (Å²) >= 11 is 0. The van der Waals surface area contributed by atoms with Gasteiger partial charge in [-0.05, 0) is 19.8 Å². The summed E-state index contributed by atoms with van der Waals surface area (Å²) in [6.07, 6.45) is -0.534. The number of fused-ring (bicyclic) bond motifs is 3. The molecule has 7 heteroatoms. The number of aliphatic hydroxyl groups is 1. The second-order valence-corrected chi connectivity index (χ2v) is 7.91. The average Bonchev–Trinajstić information content (AvgIpc) is 3.16. The first-order chi connectivity index (χ1) is 13.8. The second kappa shape index (κ2) is 6.13. The number of carbonyl (C=O) groups is 2. The van der Waals surface area contributed by atoms with Gasteiger partial charge in [-0.15, -0.1) is 0 Å². The Morgan fingerprint density at radius 2 is 1.59 bits per heavy atom. The van der Waals surface area contributed by atoms with Gasteiger partial charge in [0.25, 0.3) is 0 Å². The Labute approximate surface area is 166 Å². The highest BCUT2D eigenvalue weighted by molar-refractivity contribution is 6.30. The Morgan fingerprint density at radius 1 is 1.00 bits per heavy atom. The zero-order valence-corrected chi connectivity index (χ0v) is 15.8. The molecule has 0 amide bonds. The Kier molecular flexibility index (Phi) is 3.87. The van der Waals surface area contributed by atoms with E-state index in [0.717, 1.165) is 0 Å². The van der Waals surface area contributed by atoms with Crippen LogP contribution in [0.25, 0.3) is 0 Å². The van der Waals surface area contributed by atoms with Crippen LogP contribution in [0.1, 0.15) is 56.3 Å². The van der Waals surface area contributed by atoms with Crippen molar-refractivity contribution in [3.8, 4) is 11.5 Å². The van der Waals surface area contributed by atoms with Crippen molar-refractivity contribution in [3.05, 3.63) is 57.6 Å². The number of rotatable bonds is 1. The lowest BCUT2D eigenvalue weighted by molar-refractivity contribution is -0.117. The molecule has 2 aromatic rings. The first-order valence-corrected chi connectivity index (χ1v) is 9.59. The van der Waals surface area contributed by atoms with Gasteiger partial charge >= 0.3 is 0 Å². The lowest BCUT2D eigenvalue weighted by Gasteiger charge is -2.38. The maximum atomic E-state index is 13.0. The van der Waals surface area contributed by atoms with Crippen molar-refractivity contribution >= 4 is 11.6 Å². The molecule has 2 aliphatic carbocycles. The molecule has 1 fully saturated rings. The van der Waals surface area contributed by atoms with Crippen molar-refractivity contribution in [2.45, 2.75) is 44.2 Å². The predicted molar refractivity (Wildman–Crippen MR) is 100 cm³/mol. The standard InChI is InChI=1S/C22H20O7/c1-10-28-9-15(29-10)22(27)7-6-13-14(8-22)21(26)17-16(20(13)25)18(23)11-4-2-3-5-12(11)19(17)24/h2-5,10,15,25-27H,6-9H2,1H3/t10?,15?,22-/m1/s1. The van der Waals surface area contributed by atoms with E-state index in [1.807, 2.05) is 0 Å². The summed E-state index contributed by atoms with van der Waals surface area (Å²) in [5.41, 5.74) is -0.618. The van der Waals surface area contributed by atoms with Gasteiger partial charge in [-0.1, -0.05) is 24.3 Å². The first kappa shape index (κ1) is 18.3. The number of phenols is 2. The number of benzene rings is 2. The Hall–Kier alpha value is -2.74. The maximum absolute atomic E-state index is 13.0. The summed E-state index contributed by atoms with van der Waals surface area (Å²) in [6, 6.07) is 6.35. The fourth-order valence-electron chi connectivity index (χ4n) is 4.70. The van der Waals surface area contributed by atoms with E-state index in [4.69, 9.17) is 9.47 Å². The van der Waals surface area contributed by atoms with Crippen molar-refractivity contribution in [2.75, 3.05) is 6.61 Å². The molecule has 0 radical (unpaired) electrons. The summed E-state index contributed by atoms with van der Waals surface area (Å²) in [6.45, 7) is 1.96. The van der Waals surface area contributed by atoms with Crippen molar-refractivity contribution in [1.29, 1.82) is 0 Å². The van der Waals surface area contributed by atoms with Crippen molar-refractivity contribution in [2.24, 2.45) is 0 Å². The number of carbonyl (C=O) groups excluding carboxylic acids is 2. The third-order valence-corrected chi connectivity index (χ3v) is 6.26. The van der Waals surface area contributed by atoms with Gasteiger partial charge in [-0.3, -0.25) is 9.59 Å². The fraction of sp³-hybridized carbons (Fsp3) is 0.364. The van der Waals surface area contributed by atoms with E-state index in [1.165, 1.54) is 12.1 Å². The van der Waals surface area contributed by atoms with Gasteiger partial charge in [0.15, 0.2) is 17.9 Å². The van der Waals surface area contributed by atoms with Crippen LogP contribution in [-0.4, -0.2) is 51.5 Å². The quantitative estimate of drug-likeness (QED) is 0.538. The van der Waals surface area contributed by atoms with E-state index in [9.17, 15) is 24.9 Å². The molecule has 29 heavy (non-hydrogen) atoms. The lowest BCUT2D eigenvalue weighted by atomic mass is 9.73. The fourth-order valence-corrected chi connectivity index (χ4v) is 4.70. The summed E-state index contributed by atoms with van der Waals surface area (Å²) in [5.74, 6) is -1.66. The van der Waals surface area contributed by atoms with Crippen molar-refractivity contribution < 1.29 is 34.4 Å². The van der Waals surface area contributed by atoms with E-state index in [2.05, 4.69) is 0 Å². The smallest absolute Gasteiger partial charge is 0.198 e. The normalized spacial score (nSPS) is 28.1. The minimum absolute atomic E-state index is 0.0150. The molecule has 2 unspecified atom stereocenters. The molecule has 150 valence electrons. The third-order valence-electron chi connectivity index (χ3n) is 6.26. The van der Waals surface area contributed by atoms with Gasteiger partial charge in [0, 0.05) is 28.7 Å². The Balaban J connectivity index is 1.65. The molecule has 0 bridgehead atoms. The summed E-state index contributed by atoms with van der Waals surface area (Å²) in [5, 5.41) is 33.0. The molecule has 0 spiro atoms. The SMILES string of the molecule is CC1OCC([C@@]2(O)CCc3c(O)c4c(c(O)c3C2)C(=O)c2ccccc2C4=O)O1. The van der Waals surface area contributed by atoms with Gasteiger partial charge in [0.05, 0.1) is 23.3 Å². The van der Waals surface area contributed by atoms with Crippen molar-refractivity contribution in [1.82, 2.24) is 0 Å². The van der Waals surface area contributed by atoms with Crippen LogP contribution in [0.2, 0.25) is 0 Å². The predicted octanol–water partition coefficient (Wildman–Crippen LogP) is 1.85. The van der Waals surface area contributed by atoms with Gasteiger partial charge < -0.3 is 24.8 Å². The molecule has 3 atom stereocenters. The number of hydrogen-bond donors (Lipinski definition) is 3. The van der Waals surface area contributed by atoms with Crippen molar-refractivity contribution in [3.63, 3.8) is 0 Å².